The third-order valence-electron chi connectivity index (χ3n) is 4.46. The molecule has 0 aromatic rings. The number of carbonyl (C=O) groups is 1. The summed E-state index contributed by atoms with van der Waals surface area (Å²) in [5.74, 6) is -0.0392. The van der Waals surface area contributed by atoms with Gasteiger partial charge in [0.2, 0.25) is 5.91 Å². The van der Waals surface area contributed by atoms with Gasteiger partial charge in [-0.2, -0.15) is 5.26 Å². The molecule has 0 radical (unpaired) electrons. The number of likely N-dealkylation sites (tertiary alicyclic amines) is 1. The number of hydrogen-bond acceptors (Lipinski definition) is 3. The average Bonchev–Trinajstić information content (AvgIpc) is 2.49. The van der Waals surface area contributed by atoms with E-state index in [-0.39, 0.29) is 11.9 Å². The van der Waals surface area contributed by atoms with Crippen molar-refractivity contribution in [2.24, 2.45) is 5.41 Å². The molecule has 4 heteroatoms. The fourth-order valence-corrected chi connectivity index (χ4v) is 3.31. The maximum absolute atomic E-state index is 12.6. The molecule has 1 aliphatic heterocycles. The van der Waals surface area contributed by atoms with E-state index >= 15 is 0 Å². The predicted molar refractivity (Wildman–Crippen MR) is 85.8 cm³/mol. The first kappa shape index (κ1) is 18.0. The lowest BCUT2D eigenvalue weighted by Gasteiger charge is -2.34. The van der Waals surface area contributed by atoms with Crippen LogP contribution in [0.4, 0.5) is 0 Å². The molecule has 1 amide bonds. The Labute approximate surface area is 129 Å². The summed E-state index contributed by atoms with van der Waals surface area (Å²) in [5.41, 5.74) is -0.815. The van der Waals surface area contributed by atoms with Crippen LogP contribution in [0.5, 0.6) is 0 Å². The van der Waals surface area contributed by atoms with Gasteiger partial charge in [0, 0.05) is 19.1 Å². The Morgan fingerprint density at radius 3 is 2.19 bits per heavy atom. The van der Waals surface area contributed by atoms with Gasteiger partial charge in [-0.15, -0.1) is 0 Å². The van der Waals surface area contributed by atoms with Gasteiger partial charge < -0.3 is 10.2 Å². The lowest BCUT2D eigenvalue weighted by Crippen LogP contribution is -2.49. The standard InChI is InChI=1S/C17H31N3O/c1-4-9-17(14-18,10-5-2)16(21)19-15-7-12-20(11-6-3)13-8-15/h15H,4-13H2,1-3H3,(H,19,21). The van der Waals surface area contributed by atoms with Gasteiger partial charge in [0.25, 0.3) is 0 Å². The minimum absolute atomic E-state index is 0.0392. The summed E-state index contributed by atoms with van der Waals surface area (Å²) in [4.78, 5) is 15.1. The molecular formula is C17H31N3O. The Bertz CT molecular complexity index is 348. The molecule has 21 heavy (non-hydrogen) atoms. The van der Waals surface area contributed by atoms with Gasteiger partial charge in [0.05, 0.1) is 6.07 Å². The minimum Gasteiger partial charge on any atom is -0.352 e. The zero-order valence-corrected chi connectivity index (χ0v) is 14.0. The van der Waals surface area contributed by atoms with Crippen molar-refractivity contribution in [3.05, 3.63) is 0 Å². The molecular weight excluding hydrogens is 262 g/mol. The van der Waals surface area contributed by atoms with Gasteiger partial charge in [-0.3, -0.25) is 4.79 Å². The highest BCUT2D eigenvalue weighted by molar-refractivity contribution is 5.85. The van der Waals surface area contributed by atoms with E-state index in [1.165, 1.54) is 6.42 Å². The normalized spacial score (nSPS) is 17.4. The Hall–Kier alpha value is -1.08. The maximum Gasteiger partial charge on any atom is 0.240 e. The summed E-state index contributed by atoms with van der Waals surface area (Å²) in [6, 6.07) is 2.56. The van der Waals surface area contributed by atoms with Crippen molar-refractivity contribution in [2.75, 3.05) is 19.6 Å². The van der Waals surface area contributed by atoms with Crippen LogP contribution in [0.2, 0.25) is 0 Å². The van der Waals surface area contributed by atoms with Crippen LogP contribution in [-0.4, -0.2) is 36.5 Å². The van der Waals surface area contributed by atoms with E-state index in [1.54, 1.807) is 0 Å². The first-order chi connectivity index (χ1) is 10.1. The van der Waals surface area contributed by atoms with Crippen LogP contribution in [0.25, 0.3) is 0 Å². The zero-order chi connectivity index (χ0) is 15.7. The van der Waals surface area contributed by atoms with Crippen molar-refractivity contribution in [1.82, 2.24) is 10.2 Å². The summed E-state index contributed by atoms with van der Waals surface area (Å²) in [5, 5.41) is 12.7. The van der Waals surface area contributed by atoms with E-state index in [0.717, 1.165) is 45.3 Å². The first-order valence-electron chi connectivity index (χ1n) is 8.56. The molecule has 0 atom stereocenters. The lowest BCUT2D eigenvalue weighted by atomic mass is 9.79. The summed E-state index contributed by atoms with van der Waals surface area (Å²) < 4.78 is 0. The van der Waals surface area contributed by atoms with Crippen molar-refractivity contribution >= 4 is 5.91 Å². The van der Waals surface area contributed by atoms with Crippen molar-refractivity contribution in [3.8, 4) is 6.07 Å². The topological polar surface area (TPSA) is 56.1 Å². The quantitative estimate of drug-likeness (QED) is 0.748. The predicted octanol–water partition coefficient (Wildman–Crippen LogP) is 3.09. The Kier molecular flexibility index (Phi) is 7.74. The van der Waals surface area contributed by atoms with Crippen molar-refractivity contribution in [1.29, 1.82) is 5.26 Å². The molecule has 120 valence electrons. The Morgan fingerprint density at radius 1 is 1.19 bits per heavy atom. The largest absolute Gasteiger partial charge is 0.352 e. The number of nitrogens with one attached hydrogen (secondary N) is 1. The third kappa shape index (κ3) is 5.00. The Balaban J connectivity index is 2.56. The van der Waals surface area contributed by atoms with Crippen LogP contribution in [0, 0.1) is 16.7 Å². The molecule has 0 spiro atoms. The second-order valence-corrected chi connectivity index (χ2v) is 6.28. The van der Waals surface area contributed by atoms with Crippen LogP contribution in [0.15, 0.2) is 0 Å². The molecule has 1 N–H and O–H groups in total. The van der Waals surface area contributed by atoms with Crippen molar-refractivity contribution in [2.45, 2.75) is 71.8 Å². The Morgan fingerprint density at radius 2 is 1.76 bits per heavy atom. The molecule has 1 saturated heterocycles. The van der Waals surface area contributed by atoms with E-state index in [2.05, 4.69) is 23.2 Å². The molecule has 1 fully saturated rings. The second kappa shape index (κ2) is 9.04. The number of nitriles is 1. The summed E-state index contributed by atoms with van der Waals surface area (Å²) in [6.45, 7) is 9.54. The highest BCUT2D eigenvalue weighted by Crippen LogP contribution is 2.30. The smallest absolute Gasteiger partial charge is 0.240 e. The highest BCUT2D eigenvalue weighted by Gasteiger charge is 2.38. The van der Waals surface area contributed by atoms with Crippen molar-refractivity contribution < 1.29 is 4.79 Å². The molecule has 0 unspecified atom stereocenters. The molecule has 0 bridgehead atoms. The van der Waals surface area contributed by atoms with Gasteiger partial charge in [0.1, 0.15) is 5.41 Å². The summed E-state index contributed by atoms with van der Waals surface area (Å²) >= 11 is 0. The van der Waals surface area contributed by atoms with Crippen molar-refractivity contribution in [3.63, 3.8) is 0 Å². The minimum atomic E-state index is -0.815. The van der Waals surface area contributed by atoms with Gasteiger partial charge >= 0.3 is 0 Å². The zero-order valence-electron chi connectivity index (χ0n) is 14.0. The first-order valence-corrected chi connectivity index (χ1v) is 8.56. The molecule has 1 rings (SSSR count). The SMILES string of the molecule is CCCN1CCC(NC(=O)C(C#N)(CCC)CCC)CC1. The molecule has 1 heterocycles. The monoisotopic (exact) mass is 293 g/mol. The van der Waals surface area contributed by atoms with Gasteiger partial charge in [-0.1, -0.05) is 33.6 Å². The fraction of sp³-hybridized carbons (Fsp3) is 0.882. The molecule has 4 nitrogen and oxygen atoms in total. The summed E-state index contributed by atoms with van der Waals surface area (Å²) in [6.07, 6.45) is 6.26. The van der Waals surface area contributed by atoms with E-state index in [0.29, 0.717) is 12.8 Å². The van der Waals surface area contributed by atoms with E-state index in [1.807, 2.05) is 13.8 Å². The molecule has 1 aliphatic rings. The van der Waals surface area contributed by atoms with Crippen LogP contribution in [0.1, 0.15) is 65.7 Å². The molecule has 0 aromatic heterocycles. The number of hydrogen-bond donors (Lipinski definition) is 1. The number of piperidine rings is 1. The molecule has 0 aromatic carbocycles. The van der Waals surface area contributed by atoms with Crippen LogP contribution >= 0.6 is 0 Å². The average molecular weight is 293 g/mol. The summed E-state index contributed by atoms with van der Waals surface area (Å²) in [7, 11) is 0. The molecule has 0 saturated carbocycles. The van der Waals surface area contributed by atoms with Crippen LogP contribution in [-0.2, 0) is 4.79 Å². The number of amides is 1. The number of carbonyl (C=O) groups excluding carboxylic acids is 1. The second-order valence-electron chi connectivity index (χ2n) is 6.28. The van der Waals surface area contributed by atoms with Gasteiger partial charge in [0.15, 0.2) is 0 Å². The third-order valence-corrected chi connectivity index (χ3v) is 4.46. The van der Waals surface area contributed by atoms with Gasteiger partial charge in [-0.05, 0) is 38.6 Å². The van der Waals surface area contributed by atoms with E-state index < -0.39 is 5.41 Å². The van der Waals surface area contributed by atoms with Gasteiger partial charge in [-0.25, -0.2) is 0 Å². The van der Waals surface area contributed by atoms with Crippen LogP contribution in [0.3, 0.4) is 0 Å². The molecule has 0 aliphatic carbocycles. The maximum atomic E-state index is 12.6. The van der Waals surface area contributed by atoms with Crippen LogP contribution < -0.4 is 5.32 Å². The highest BCUT2D eigenvalue weighted by atomic mass is 16.2. The number of nitrogens with zero attached hydrogens (tertiary/aromatic N) is 2. The lowest BCUT2D eigenvalue weighted by molar-refractivity contribution is -0.130. The van der Waals surface area contributed by atoms with E-state index in [4.69, 9.17) is 0 Å². The van der Waals surface area contributed by atoms with E-state index in [9.17, 15) is 10.1 Å². The number of rotatable bonds is 8. The fourth-order valence-electron chi connectivity index (χ4n) is 3.31.